The van der Waals surface area contributed by atoms with Crippen molar-refractivity contribution in [2.45, 2.75) is 44.1 Å². The highest BCUT2D eigenvalue weighted by Crippen LogP contribution is 2.42. The zero-order chi connectivity index (χ0) is 11.0. The van der Waals surface area contributed by atoms with Gasteiger partial charge in [0.05, 0.1) is 6.10 Å². The Labute approximate surface area is 95.6 Å². The molecular formula is C13H17NO2. The van der Waals surface area contributed by atoms with Crippen LogP contribution >= 0.6 is 0 Å². The lowest BCUT2D eigenvalue weighted by molar-refractivity contribution is 0.0625. The molecule has 2 aliphatic rings. The summed E-state index contributed by atoms with van der Waals surface area (Å²) in [6, 6.07) is 10.8. The molecule has 1 N–H and O–H groups in total. The average molecular weight is 219 g/mol. The third-order valence-corrected chi connectivity index (χ3v) is 3.52. The number of hydroxylamine groups is 2. The summed E-state index contributed by atoms with van der Waals surface area (Å²) < 4.78 is 0. The van der Waals surface area contributed by atoms with Crippen LogP contribution in [0.25, 0.3) is 0 Å². The first-order chi connectivity index (χ1) is 7.84. The van der Waals surface area contributed by atoms with E-state index in [1.807, 2.05) is 18.2 Å². The molecule has 0 aromatic heterocycles. The molecule has 86 valence electrons. The van der Waals surface area contributed by atoms with E-state index in [1.54, 1.807) is 0 Å². The second-order valence-electron chi connectivity index (χ2n) is 4.69. The largest absolute Gasteiger partial charge is 0.393 e. The molecule has 2 unspecified atom stereocenters. The van der Waals surface area contributed by atoms with Crippen molar-refractivity contribution in [3.05, 3.63) is 35.9 Å². The first-order valence-electron chi connectivity index (χ1n) is 6.03. The molecule has 0 spiro atoms. The van der Waals surface area contributed by atoms with E-state index in [2.05, 4.69) is 17.2 Å². The molecule has 3 nitrogen and oxygen atoms in total. The Hall–Kier alpha value is -0.900. The van der Waals surface area contributed by atoms with Gasteiger partial charge in [-0.05, 0) is 31.2 Å². The summed E-state index contributed by atoms with van der Waals surface area (Å²) >= 11 is 0. The second kappa shape index (κ2) is 4.17. The van der Waals surface area contributed by atoms with Gasteiger partial charge in [-0.3, -0.25) is 4.84 Å². The molecule has 1 saturated carbocycles. The van der Waals surface area contributed by atoms with Gasteiger partial charge >= 0.3 is 0 Å². The van der Waals surface area contributed by atoms with Crippen molar-refractivity contribution >= 4 is 0 Å². The molecule has 1 heterocycles. The van der Waals surface area contributed by atoms with Gasteiger partial charge in [-0.2, -0.15) is 0 Å². The van der Waals surface area contributed by atoms with Crippen molar-refractivity contribution in [3.63, 3.8) is 0 Å². The van der Waals surface area contributed by atoms with Crippen LogP contribution in [0.1, 0.15) is 37.5 Å². The Kier molecular flexibility index (Phi) is 2.67. The molecule has 0 amide bonds. The molecule has 1 aromatic carbocycles. The maximum Gasteiger partial charge on any atom is 0.180 e. The molecule has 3 rings (SSSR count). The SMILES string of the molecule is OC1CCC(N2OC2c2ccccc2)CC1. The molecule has 1 aliphatic heterocycles. The number of benzene rings is 1. The van der Waals surface area contributed by atoms with E-state index in [4.69, 9.17) is 4.84 Å². The number of rotatable bonds is 2. The van der Waals surface area contributed by atoms with E-state index >= 15 is 0 Å². The van der Waals surface area contributed by atoms with E-state index in [0.717, 1.165) is 25.7 Å². The van der Waals surface area contributed by atoms with Crippen molar-refractivity contribution in [2.24, 2.45) is 0 Å². The molecule has 1 saturated heterocycles. The molecule has 1 aliphatic carbocycles. The van der Waals surface area contributed by atoms with Gasteiger partial charge in [0.25, 0.3) is 0 Å². The summed E-state index contributed by atoms with van der Waals surface area (Å²) in [7, 11) is 0. The molecular weight excluding hydrogens is 202 g/mol. The summed E-state index contributed by atoms with van der Waals surface area (Å²) in [6.07, 6.45) is 3.97. The highest BCUT2D eigenvalue weighted by molar-refractivity contribution is 5.19. The van der Waals surface area contributed by atoms with Gasteiger partial charge in [0.2, 0.25) is 0 Å². The van der Waals surface area contributed by atoms with Gasteiger partial charge in [-0.25, -0.2) is 0 Å². The topological polar surface area (TPSA) is 35.8 Å². The molecule has 0 radical (unpaired) electrons. The van der Waals surface area contributed by atoms with Gasteiger partial charge in [0.1, 0.15) is 0 Å². The number of aliphatic hydroxyl groups excluding tert-OH is 1. The number of nitrogens with zero attached hydrogens (tertiary/aromatic N) is 1. The number of aliphatic hydroxyl groups is 1. The van der Waals surface area contributed by atoms with Crippen LogP contribution in [-0.4, -0.2) is 22.3 Å². The standard InChI is InChI=1S/C13H17NO2/c15-12-8-6-11(7-9-12)14-13(16-14)10-4-2-1-3-5-10/h1-5,11-13,15H,6-9H2. The van der Waals surface area contributed by atoms with Crippen LogP contribution in [0.2, 0.25) is 0 Å². The van der Waals surface area contributed by atoms with Crippen molar-refractivity contribution in [2.75, 3.05) is 0 Å². The Bertz CT molecular complexity index is 346. The Balaban J connectivity index is 1.60. The lowest BCUT2D eigenvalue weighted by Crippen LogP contribution is -2.27. The van der Waals surface area contributed by atoms with E-state index in [1.165, 1.54) is 5.56 Å². The van der Waals surface area contributed by atoms with Gasteiger partial charge in [-0.1, -0.05) is 30.3 Å². The fourth-order valence-electron chi connectivity index (χ4n) is 2.50. The summed E-state index contributed by atoms with van der Waals surface area (Å²) in [4.78, 5) is 5.63. The summed E-state index contributed by atoms with van der Waals surface area (Å²) in [5.41, 5.74) is 1.23. The lowest BCUT2D eigenvalue weighted by atomic mass is 9.93. The van der Waals surface area contributed by atoms with E-state index in [9.17, 15) is 5.11 Å². The molecule has 2 atom stereocenters. The third kappa shape index (κ3) is 1.98. The van der Waals surface area contributed by atoms with E-state index < -0.39 is 0 Å². The van der Waals surface area contributed by atoms with Crippen molar-refractivity contribution < 1.29 is 9.94 Å². The van der Waals surface area contributed by atoms with E-state index in [-0.39, 0.29) is 12.3 Å². The third-order valence-electron chi connectivity index (χ3n) is 3.52. The fourth-order valence-corrected chi connectivity index (χ4v) is 2.50. The minimum Gasteiger partial charge on any atom is -0.393 e. The van der Waals surface area contributed by atoms with Crippen LogP contribution in [0.3, 0.4) is 0 Å². The highest BCUT2D eigenvalue weighted by atomic mass is 16.8. The number of hydrogen-bond donors (Lipinski definition) is 1. The van der Waals surface area contributed by atoms with Crippen LogP contribution in [0.4, 0.5) is 0 Å². The quantitative estimate of drug-likeness (QED) is 0.775. The maximum absolute atomic E-state index is 9.45. The summed E-state index contributed by atoms with van der Waals surface area (Å²) in [5.74, 6) is 0. The average Bonchev–Trinajstić information content (AvgIpc) is 3.11. The van der Waals surface area contributed by atoms with Crippen LogP contribution < -0.4 is 0 Å². The van der Waals surface area contributed by atoms with Crippen molar-refractivity contribution in [1.82, 2.24) is 5.06 Å². The molecule has 2 fully saturated rings. The first-order valence-corrected chi connectivity index (χ1v) is 6.03. The highest BCUT2D eigenvalue weighted by Gasteiger charge is 2.44. The van der Waals surface area contributed by atoms with Crippen molar-refractivity contribution in [1.29, 1.82) is 0 Å². The van der Waals surface area contributed by atoms with Crippen LogP contribution in [0, 0.1) is 0 Å². The number of hydrogen-bond acceptors (Lipinski definition) is 3. The summed E-state index contributed by atoms with van der Waals surface area (Å²) in [6.45, 7) is 0. The van der Waals surface area contributed by atoms with Crippen molar-refractivity contribution in [3.8, 4) is 0 Å². The minimum atomic E-state index is -0.0913. The van der Waals surface area contributed by atoms with Crippen LogP contribution in [0.15, 0.2) is 30.3 Å². The maximum atomic E-state index is 9.45. The molecule has 0 bridgehead atoms. The molecule has 3 heteroatoms. The van der Waals surface area contributed by atoms with Gasteiger partial charge < -0.3 is 5.11 Å². The zero-order valence-corrected chi connectivity index (χ0v) is 9.25. The van der Waals surface area contributed by atoms with Crippen LogP contribution in [0.5, 0.6) is 0 Å². The van der Waals surface area contributed by atoms with Gasteiger partial charge in [0, 0.05) is 6.04 Å². The summed E-state index contributed by atoms with van der Waals surface area (Å²) in [5, 5.41) is 11.5. The second-order valence-corrected chi connectivity index (χ2v) is 4.69. The fraction of sp³-hybridized carbons (Fsp3) is 0.538. The lowest BCUT2D eigenvalue weighted by Gasteiger charge is -2.24. The zero-order valence-electron chi connectivity index (χ0n) is 9.25. The first kappa shape index (κ1) is 10.3. The van der Waals surface area contributed by atoms with Gasteiger partial charge in [-0.15, -0.1) is 5.06 Å². The Morgan fingerprint density at radius 2 is 1.75 bits per heavy atom. The minimum absolute atomic E-state index is 0.0913. The molecule has 16 heavy (non-hydrogen) atoms. The monoisotopic (exact) mass is 219 g/mol. The smallest absolute Gasteiger partial charge is 0.180 e. The van der Waals surface area contributed by atoms with E-state index in [0.29, 0.717) is 6.04 Å². The predicted molar refractivity (Wildman–Crippen MR) is 60.4 cm³/mol. The molecule has 1 aromatic rings. The predicted octanol–water partition coefficient (Wildman–Crippen LogP) is 2.24. The Morgan fingerprint density at radius 3 is 2.44 bits per heavy atom. The Morgan fingerprint density at radius 1 is 1.06 bits per heavy atom. The van der Waals surface area contributed by atoms with Gasteiger partial charge in [0.15, 0.2) is 6.23 Å². The van der Waals surface area contributed by atoms with Crippen LogP contribution in [-0.2, 0) is 4.84 Å². The normalized spacial score (nSPS) is 38.3.